The number of aryl methyl sites for hydroxylation is 1. The number of aromatic nitrogens is 3. The quantitative estimate of drug-likeness (QED) is 0.359. The van der Waals surface area contributed by atoms with E-state index in [0.29, 0.717) is 27.4 Å². The van der Waals surface area contributed by atoms with Gasteiger partial charge >= 0.3 is 5.97 Å². The summed E-state index contributed by atoms with van der Waals surface area (Å²) in [5, 5.41) is 0.495. The van der Waals surface area contributed by atoms with E-state index in [-0.39, 0.29) is 22.8 Å². The Morgan fingerprint density at radius 3 is 2.42 bits per heavy atom. The number of hydrogen-bond acceptors (Lipinski definition) is 9. The van der Waals surface area contributed by atoms with E-state index in [1.165, 1.54) is 25.4 Å². The maximum atomic E-state index is 13.5. The molecule has 0 aliphatic heterocycles. The summed E-state index contributed by atoms with van der Waals surface area (Å²) in [5.41, 5.74) is 0.810. The zero-order chi connectivity index (χ0) is 23.6. The van der Waals surface area contributed by atoms with Crippen LogP contribution in [0.15, 0.2) is 59.9 Å². The topological polar surface area (TPSA) is 112 Å². The molecule has 11 heteroatoms. The Morgan fingerprint density at radius 1 is 1.09 bits per heavy atom. The number of ether oxygens (including phenoxy) is 2. The molecule has 0 bridgehead atoms. The number of benzene rings is 1. The third-order valence-corrected chi connectivity index (χ3v) is 7.44. The van der Waals surface area contributed by atoms with Crippen LogP contribution >= 0.6 is 11.5 Å². The Labute approximate surface area is 194 Å². The third-order valence-electron chi connectivity index (χ3n) is 4.83. The number of hydrogen-bond donors (Lipinski definition) is 0. The fraction of sp³-hybridized carbons (Fsp3) is 0.182. The van der Waals surface area contributed by atoms with Crippen molar-refractivity contribution in [1.82, 2.24) is 14.3 Å². The van der Waals surface area contributed by atoms with Crippen LogP contribution in [-0.4, -0.2) is 42.4 Å². The molecule has 3 aromatic heterocycles. The fourth-order valence-electron chi connectivity index (χ4n) is 3.22. The Kier molecular flexibility index (Phi) is 6.25. The van der Waals surface area contributed by atoms with Crippen LogP contribution in [0.4, 0.5) is 5.69 Å². The predicted octanol–water partition coefficient (Wildman–Crippen LogP) is 4.19. The number of anilines is 1. The van der Waals surface area contributed by atoms with Crippen LogP contribution in [0.3, 0.4) is 0 Å². The molecule has 0 N–H and O–H groups in total. The number of esters is 1. The molecule has 0 atom stereocenters. The molecule has 4 rings (SSSR count). The lowest BCUT2D eigenvalue weighted by Crippen LogP contribution is -2.29. The Balaban J connectivity index is 1.74. The van der Waals surface area contributed by atoms with E-state index >= 15 is 0 Å². The molecule has 170 valence electrons. The van der Waals surface area contributed by atoms with Crippen LogP contribution in [0, 0.1) is 6.92 Å². The lowest BCUT2D eigenvalue weighted by molar-refractivity contribution is 0.0527. The second-order valence-corrected chi connectivity index (χ2v) is 9.64. The van der Waals surface area contributed by atoms with Gasteiger partial charge in [-0.3, -0.25) is 9.29 Å². The van der Waals surface area contributed by atoms with Gasteiger partial charge in [0.15, 0.2) is 0 Å². The Hall–Kier alpha value is -3.57. The number of rotatable bonds is 7. The minimum Gasteiger partial charge on any atom is -0.462 e. The van der Waals surface area contributed by atoms with Crippen molar-refractivity contribution < 1.29 is 22.7 Å². The van der Waals surface area contributed by atoms with Gasteiger partial charge in [-0.1, -0.05) is 0 Å². The van der Waals surface area contributed by atoms with E-state index in [2.05, 4.69) is 14.3 Å². The van der Waals surface area contributed by atoms with E-state index in [9.17, 15) is 13.2 Å². The van der Waals surface area contributed by atoms with Gasteiger partial charge in [0.25, 0.3) is 10.0 Å². The molecular formula is C22H20N4O5S2. The molecule has 0 aliphatic rings. The monoisotopic (exact) mass is 484 g/mol. The first-order valence-electron chi connectivity index (χ1n) is 9.92. The molecule has 0 saturated heterocycles. The zero-order valence-electron chi connectivity index (χ0n) is 18.0. The molecular weight excluding hydrogens is 464 g/mol. The normalized spacial score (nSPS) is 11.4. The first kappa shape index (κ1) is 22.6. The van der Waals surface area contributed by atoms with Gasteiger partial charge in [0.2, 0.25) is 0 Å². The highest BCUT2D eigenvalue weighted by atomic mass is 32.2. The van der Waals surface area contributed by atoms with Gasteiger partial charge in [0.05, 0.1) is 28.3 Å². The standard InChI is InChI=1S/C22H20N4O5S2/c1-4-30-22(27)18-13-24-21-19(14(2)25-32-21)20(18)26(3)33(28,29)17-7-5-15(6-8-17)31-16-9-11-23-12-10-16/h5-13H,4H2,1-3H3. The molecule has 0 saturated carbocycles. The van der Waals surface area contributed by atoms with E-state index in [1.807, 2.05) is 0 Å². The molecule has 3 heterocycles. The van der Waals surface area contributed by atoms with E-state index in [0.717, 1.165) is 15.8 Å². The minimum absolute atomic E-state index is 0.0349. The Bertz CT molecular complexity index is 1400. The van der Waals surface area contributed by atoms with Crippen molar-refractivity contribution in [3.8, 4) is 11.5 Å². The highest BCUT2D eigenvalue weighted by molar-refractivity contribution is 7.92. The first-order valence-corrected chi connectivity index (χ1v) is 12.1. The highest BCUT2D eigenvalue weighted by Crippen LogP contribution is 2.36. The summed E-state index contributed by atoms with van der Waals surface area (Å²) in [7, 11) is -2.64. The van der Waals surface area contributed by atoms with E-state index < -0.39 is 16.0 Å². The molecule has 0 fully saturated rings. The average molecular weight is 485 g/mol. The lowest BCUT2D eigenvalue weighted by Gasteiger charge is -2.23. The molecule has 0 spiro atoms. The zero-order valence-corrected chi connectivity index (χ0v) is 19.7. The molecule has 4 aromatic rings. The lowest BCUT2D eigenvalue weighted by atomic mass is 10.1. The summed E-state index contributed by atoms with van der Waals surface area (Å²) in [4.78, 5) is 21.4. The number of nitrogens with zero attached hydrogens (tertiary/aromatic N) is 4. The number of sulfonamides is 1. The molecule has 0 radical (unpaired) electrons. The van der Waals surface area contributed by atoms with Crippen molar-refractivity contribution in [2.45, 2.75) is 18.7 Å². The SMILES string of the molecule is CCOC(=O)c1cnc2snc(C)c2c1N(C)S(=O)(=O)c1ccc(Oc2ccncc2)cc1. The van der Waals surface area contributed by atoms with Crippen molar-refractivity contribution in [3.63, 3.8) is 0 Å². The van der Waals surface area contributed by atoms with E-state index in [1.54, 1.807) is 50.5 Å². The summed E-state index contributed by atoms with van der Waals surface area (Å²) in [6.07, 6.45) is 4.52. The first-order chi connectivity index (χ1) is 15.8. The average Bonchev–Trinajstić information content (AvgIpc) is 3.20. The maximum Gasteiger partial charge on any atom is 0.341 e. The van der Waals surface area contributed by atoms with Crippen molar-refractivity contribution in [3.05, 3.63) is 66.2 Å². The third kappa shape index (κ3) is 4.37. The molecule has 0 aliphatic carbocycles. The van der Waals surface area contributed by atoms with Crippen LogP contribution in [0.25, 0.3) is 10.2 Å². The largest absolute Gasteiger partial charge is 0.462 e. The summed E-state index contributed by atoms with van der Waals surface area (Å²) < 4.78 is 43.2. The molecule has 1 aromatic carbocycles. The van der Waals surface area contributed by atoms with Gasteiger partial charge in [-0.15, -0.1) is 0 Å². The molecule has 33 heavy (non-hydrogen) atoms. The van der Waals surface area contributed by atoms with Crippen molar-refractivity contribution >= 4 is 43.4 Å². The predicted molar refractivity (Wildman–Crippen MR) is 124 cm³/mol. The number of pyridine rings is 2. The second-order valence-electron chi connectivity index (χ2n) is 6.92. The Morgan fingerprint density at radius 2 is 1.76 bits per heavy atom. The summed E-state index contributed by atoms with van der Waals surface area (Å²) in [6.45, 7) is 3.56. The number of carbonyl (C=O) groups excluding carboxylic acids is 1. The molecule has 9 nitrogen and oxygen atoms in total. The van der Waals surface area contributed by atoms with Crippen LogP contribution in [0.1, 0.15) is 23.0 Å². The van der Waals surface area contributed by atoms with Gasteiger partial charge in [-0.05, 0) is 61.8 Å². The van der Waals surface area contributed by atoms with Crippen molar-refractivity contribution in [2.24, 2.45) is 0 Å². The van der Waals surface area contributed by atoms with Gasteiger partial charge in [-0.2, -0.15) is 4.37 Å². The van der Waals surface area contributed by atoms with Gasteiger partial charge in [-0.25, -0.2) is 18.2 Å². The maximum absolute atomic E-state index is 13.5. The van der Waals surface area contributed by atoms with Gasteiger partial charge < -0.3 is 9.47 Å². The summed E-state index contributed by atoms with van der Waals surface area (Å²) >= 11 is 1.13. The van der Waals surface area contributed by atoms with Gasteiger partial charge in [0, 0.05) is 25.6 Å². The summed E-state index contributed by atoms with van der Waals surface area (Å²) in [5.74, 6) is 0.395. The fourth-order valence-corrected chi connectivity index (χ4v) is 5.20. The van der Waals surface area contributed by atoms with E-state index in [4.69, 9.17) is 9.47 Å². The van der Waals surface area contributed by atoms with Gasteiger partial charge in [0.1, 0.15) is 21.9 Å². The van der Waals surface area contributed by atoms with Crippen molar-refractivity contribution in [2.75, 3.05) is 18.0 Å². The van der Waals surface area contributed by atoms with Crippen LogP contribution in [0.2, 0.25) is 0 Å². The molecule has 0 unspecified atom stereocenters. The van der Waals surface area contributed by atoms with Crippen LogP contribution in [-0.2, 0) is 14.8 Å². The molecule has 0 amide bonds. The minimum atomic E-state index is -4.03. The number of carbonyl (C=O) groups is 1. The number of fused-ring (bicyclic) bond motifs is 1. The smallest absolute Gasteiger partial charge is 0.341 e. The van der Waals surface area contributed by atoms with Crippen LogP contribution < -0.4 is 9.04 Å². The van der Waals surface area contributed by atoms with Crippen molar-refractivity contribution in [1.29, 1.82) is 0 Å². The summed E-state index contributed by atoms with van der Waals surface area (Å²) in [6, 6.07) is 9.41. The highest BCUT2D eigenvalue weighted by Gasteiger charge is 2.30. The van der Waals surface area contributed by atoms with Crippen LogP contribution in [0.5, 0.6) is 11.5 Å². The second kappa shape index (κ2) is 9.12.